The maximum absolute atomic E-state index is 11.6. The van der Waals surface area contributed by atoms with Gasteiger partial charge in [0.05, 0.1) is 11.3 Å². The van der Waals surface area contributed by atoms with E-state index in [9.17, 15) is 4.79 Å². The molecule has 1 aliphatic rings. The number of amides is 1. The summed E-state index contributed by atoms with van der Waals surface area (Å²) in [6, 6.07) is 8.44. The topological polar surface area (TPSA) is 112 Å². The van der Waals surface area contributed by atoms with E-state index in [1.54, 1.807) is 55.7 Å². The summed E-state index contributed by atoms with van der Waals surface area (Å²) in [6.07, 6.45) is 6.76. The molecule has 4 rings (SSSR count). The molecule has 0 radical (unpaired) electrons. The number of ether oxygens (including phenoxy) is 1. The van der Waals surface area contributed by atoms with Crippen molar-refractivity contribution in [1.82, 2.24) is 20.6 Å². The Morgan fingerprint density at radius 2 is 2.25 bits per heavy atom. The monoisotopic (exact) mass is 379 g/mol. The van der Waals surface area contributed by atoms with Crippen LogP contribution >= 0.6 is 0 Å². The van der Waals surface area contributed by atoms with Gasteiger partial charge < -0.3 is 24.9 Å². The minimum Gasteiger partial charge on any atom is -0.592 e. The fourth-order valence-electron chi connectivity index (χ4n) is 2.72. The molecule has 1 atom stereocenters. The Kier molecular flexibility index (Phi) is 4.67. The summed E-state index contributed by atoms with van der Waals surface area (Å²) in [7, 11) is 1.60. The molecule has 1 amide bonds. The molecule has 0 aliphatic carbocycles. The summed E-state index contributed by atoms with van der Waals surface area (Å²) >= 11 is 0. The van der Waals surface area contributed by atoms with Gasteiger partial charge in [-0.2, -0.15) is 0 Å². The quantitative estimate of drug-likeness (QED) is 0.655. The highest BCUT2D eigenvalue weighted by Crippen LogP contribution is 2.26. The van der Waals surface area contributed by atoms with Gasteiger partial charge in [0.15, 0.2) is 5.58 Å². The first-order chi connectivity index (χ1) is 13.6. The van der Waals surface area contributed by atoms with Gasteiger partial charge in [-0.1, -0.05) is 6.08 Å². The molecule has 8 heteroatoms. The van der Waals surface area contributed by atoms with E-state index in [-0.39, 0.29) is 5.91 Å². The van der Waals surface area contributed by atoms with E-state index in [0.29, 0.717) is 35.1 Å². The molecule has 2 aromatic heterocycles. The lowest BCUT2D eigenvalue weighted by molar-refractivity contribution is -0.121. The Hall–Kier alpha value is -3.81. The average Bonchev–Trinajstić information content (AvgIpc) is 3.16. The number of allylic oxidation sites excluding steroid dienone is 2. The molecule has 142 valence electrons. The van der Waals surface area contributed by atoms with Crippen LogP contribution in [0.2, 0.25) is 0 Å². The van der Waals surface area contributed by atoms with Crippen LogP contribution in [-0.2, 0) is 11.4 Å². The van der Waals surface area contributed by atoms with Gasteiger partial charge in [0.1, 0.15) is 30.1 Å². The Balaban J connectivity index is 1.48. The largest absolute Gasteiger partial charge is 0.592 e. The molecule has 0 fully saturated rings. The van der Waals surface area contributed by atoms with Gasteiger partial charge in [0.25, 0.3) is 5.75 Å². The third-order valence-corrected chi connectivity index (χ3v) is 4.23. The highest BCUT2D eigenvalue weighted by molar-refractivity contribution is 5.86. The van der Waals surface area contributed by atoms with E-state index in [0.717, 1.165) is 11.3 Å². The maximum Gasteiger partial charge on any atom is 0.272 e. The molecule has 1 aliphatic heterocycles. The lowest BCUT2D eigenvalue weighted by atomic mass is 10.1. The molecule has 8 nitrogen and oxygen atoms in total. The van der Waals surface area contributed by atoms with Crippen LogP contribution in [-0.4, -0.2) is 34.1 Å². The number of oxazole rings is 1. The smallest absolute Gasteiger partial charge is 0.272 e. The highest BCUT2D eigenvalue weighted by Gasteiger charge is 2.18. The number of pyridine rings is 1. The van der Waals surface area contributed by atoms with Crippen molar-refractivity contribution in [3.63, 3.8) is 0 Å². The van der Waals surface area contributed by atoms with Crippen molar-refractivity contribution in [2.24, 2.45) is 0 Å². The first-order valence-corrected chi connectivity index (χ1v) is 8.69. The van der Waals surface area contributed by atoms with Gasteiger partial charge in [-0.25, -0.2) is 9.97 Å². The number of dihydropyridines is 1. The second-order valence-electron chi connectivity index (χ2n) is 6.19. The van der Waals surface area contributed by atoms with Crippen molar-refractivity contribution < 1.29 is 19.1 Å². The van der Waals surface area contributed by atoms with Crippen molar-refractivity contribution in [2.45, 2.75) is 12.6 Å². The fourth-order valence-corrected chi connectivity index (χ4v) is 2.72. The standard InChI is InChI=1S/C20H18N4O4/c1-21-19(26)16-6-2-12(9-23-16)20-24-17-8-15(5-7-18(17)28-20)27-11-13-3-4-14(25)10-22-13/h2-10,16,23,25H,11H2,1H3,(H,21,26)/p+1. The first-order valence-electron chi connectivity index (χ1n) is 8.69. The van der Waals surface area contributed by atoms with Crippen molar-refractivity contribution in [3.05, 3.63) is 66.5 Å². The lowest BCUT2D eigenvalue weighted by Crippen LogP contribution is -2.40. The second kappa shape index (κ2) is 7.43. The minimum atomic E-state index is -0.407. The average molecular weight is 379 g/mol. The number of aromatic nitrogens is 2. The SMILES string of the molecule is CNC(=O)C1C=CC(c2nc3cc(OCc4ccc([OH2+])cn4)ccc3o2)=CN1. The van der Waals surface area contributed by atoms with Gasteiger partial charge in [-0.15, -0.1) is 0 Å². The van der Waals surface area contributed by atoms with Crippen molar-refractivity contribution in [2.75, 3.05) is 7.05 Å². The van der Waals surface area contributed by atoms with Crippen LogP contribution in [0.15, 0.2) is 59.3 Å². The number of benzene rings is 1. The fraction of sp³-hybridized carbons (Fsp3) is 0.150. The number of nitrogens with one attached hydrogen (secondary N) is 2. The van der Waals surface area contributed by atoms with Gasteiger partial charge in [0.2, 0.25) is 11.8 Å². The number of rotatable bonds is 5. The molecule has 0 bridgehead atoms. The molecular weight excluding hydrogens is 360 g/mol. The summed E-state index contributed by atoms with van der Waals surface area (Å²) in [6.45, 7) is 0.301. The summed E-state index contributed by atoms with van der Waals surface area (Å²) in [4.78, 5) is 20.3. The van der Waals surface area contributed by atoms with E-state index >= 15 is 0 Å². The van der Waals surface area contributed by atoms with Gasteiger partial charge in [-0.05, 0) is 24.3 Å². The van der Waals surface area contributed by atoms with Crippen molar-refractivity contribution in [1.29, 1.82) is 0 Å². The van der Waals surface area contributed by atoms with Crippen LogP contribution in [0, 0.1) is 0 Å². The van der Waals surface area contributed by atoms with Crippen LogP contribution in [0.4, 0.5) is 0 Å². The van der Waals surface area contributed by atoms with Crippen molar-refractivity contribution >= 4 is 22.6 Å². The first kappa shape index (κ1) is 17.6. The number of hydrogen-bond donors (Lipinski definition) is 2. The molecule has 0 spiro atoms. The molecule has 28 heavy (non-hydrogen) atoms. The second-order valence-corrected chi connectivity index (χ2v) is 6.19. The Morgan fingerprint density at radius 1 is 1.36 bits per heavy atom. The number of likely N-dealkylation sites (N-methyl/N-ethyl adjacent to an activating group) is 1. The summed E-state index contributed by atoms with van der Waals surface area (Å²) in [5.41, 5.74) is 2.80. The molecular formula is C20H19N4O4+. The molecule has 1 unspecified atom stereocenters. The molecule has 0 saturated heterocycles. The van der Waals surface area contributed by atoms with Crippen LogP contribution in [0.25, 0.3) is 16.7 Å². The predicted octanol–water partition coefficient (Wildman–Crippen LogP) is 1.85. The third kappa shape index (κ3) is 3.66. The maximum atomic E-state index is 11.6. The normalized spacial score (nSPS) is 15.8. The number of nitrogens with zero attached hydrogens (tertiary/aromatic N) is 2. The van der Waals surface area contributed by atoms with Gasteiger partial charge in [0, 0.05) is 25.4 Å². The predicted molar refractivity (Wildman–Crippen MR) is 104 cm³/mol. The third-order valence-electron chi connectivity index (χ3n) is 4.23. The summed E-state index contributed by atoms with van der Waals surface area (Å²) in [5, 5.41) is 13.1. The lowest BCUT2D eigenvalue weighted by Gasteiger charge is -2.15. The molecule has 3 heterocycles. The van der Waals surface area contributed by atoms with E-state index in [1.165, 1.54) is 6.20 Å². The molecule has 1 aromatic carbocycles. The van der Waals surface area contributed by atoms with Crippen LogP contribution in [0.3, 0.4) is 0 Å². The van der Waals surface area contributed by atoms with E-state index < -0.39 is 6.04 Å². The van der Waals surface area contributed by atoms with Gasteiger partial charge >= 0.3 is 0 Å². The molecule has 3 aromatic rings. The number of hydrogen-bond acceptors (Lipinski definition) is 6. The van der Waals surface area contributed by atoms with Crippen LogP contribution in [0.1, 0.15) is 11.6 Å². The Bertz CT molecular complexity index is 1070. The minimum absolute atomic E-state index is 0.113. The summed E-state index contributed by atoms with van der Waals surface area (Å²) < 4.78 is 11.6. The Morgan fingerprint density at radius 3 is 2.96 bits per heavy atom. The number of carbonyl (C=O) groups is 1. The zero-order valence-corrected chi connectivity index (χ0v) is 15.1. The number of fused-ring (bicyclic) bond motifs is 1. The molecule has 4 N–H and O–H groups in total. The zero-order valence-electron chi connectivity index (χ0n) is 15.1. The highest BCUT2D eigenvalue weighted by atomic mass is 16.5. The van der Waals surface area contributed by atoms with Crippen LogP contribution < -0.4 is 15.4 Å². The van der Waals surface area contributed by atoms with E-state index in [4.69, 9.17) is 14.3 Å². The van der Waals surface area contributed by atoms with E-state index in [2.05, 4.69) is 20.6 Å². The van der Waals surface area contributed by atoms with E-state index in [1.807, 2.05) is 0 Å². The summed E-state index contributed by atoms with van der Waals surface area (Å²) in [5.74, 6) is 1.36. The number of carbonyl (C=O) groups excluding carboxylic acids is 1. The molecule has 0 saturated carbocycles. The van der Waals surface area contributed by atoms with Crippen LogP contribution in [0.5, 0.6) is 11.5 Å². The van der Waals surface area contributed by atoms with Gasteiger partial charge in [-0.3, -0.25) is 4.79 Å². The Labute approximate surface area is 160 Å². The van der Waals surface area contributed by atoms with Crippen molar-refractivity contribution in [3.8, 4) is 11.5 Å². The zero-order chi connectivity index (χ0) is 19.5.